The SMILES string of the molecule is C=CCN(C(=O)NCc1ccccc1)N1CC(=O)N2[C@@H](Cc3ccc(O)cc3)C(=O)N([C@@H](C)c3ccccc3)C[C@@H]21. The van der Waals surface area contributed by atoms with Crippen LogP contribution >= 0.6 is 0 Å². The maximum atomic E-state index is 14.1. The number of hydrogen-bond acceptors (Lipinski definition) is 5. The van der Waals surface area contributed by atoms with Gasteiger partial charge in [-0.2, -0.15) is 5.01 Å². The first-order valence-corrected chi connectivity index (χ1v) is 13.8. The number of aromatic hydroxyl groups is 1. The van der Waals surface area contributed by atoms with Gasteiger partial charge in [0.1, 0.15) is 18.0 Å². The lowest BCUT2D eigenvalue weighted by atomic mass is 9.97. The van der Waals surface area contributed by atoms with Crippen LogP contribution in [0.4, 0.5) is 4.79 Å². The molecule has 0 radical (unpaired) electrons. The van der Waals surface area contributed by atoms with E-state index in [1.807, 2.05) is 67.6 Å². The van der Waals surface area contributed by atoms with Gasteiger partial charge in [-0.1, -0.05) is 78.9 Å². The van der Waals surface area contributed by atoms with E-state index in [1.54, 1.807) is 45.2 Å². The summed E-state index contributed by atoms with van der Waals surface area (Å²) < 4.78 is 0. The number of phenols is 1. The molecule has 0 spiro atoms. The molecular weight excluding hydrogens is 518 g/mol. The fourth-order valence-corrected chi connectivity index (χ4v) is 5.61. The van der Waals surface area contributed by atoms with Crippen molar-refractivity contribution in [1.82, 2.24) is 25.1 Å². The third kappa shape index (κ3) is 5.95. The molecule has 2 fully saturated rings. The highest BCUT2D eigenvalue weighted by Crippen LogP contribution is 2.33. The van der Waals surface area contributed by atoms with Crippen molar-refractivity contribution in [2.45, 2.75) is 38.1 Å². The smallest absolute Gasteiger partial charge is 0.332 e. The molecule has 2 saturated heterocycles. The number of hydrazine groups is 1. The molecule has 2 N–H and O–H groups in total. The van der Waals surface area contributed by atoms with E-state index >= 15 is 0 Å². The Morgan fingerprint density at radius 3 is 2.34 bits per heavy atom. The largest absolute Gasteiger partial charge is 0.508 e. The summed E-state index contributed by atoms with van der Waals surface area (Å²) >= 11 is 0. The number of carbonyl (C=O) groups excluding carboxylic acids is 3. The number of hydrogen-bond donors (Lipinski definition) is 2. The maximum Gasteiger partial charge on any atom is 0.332 e. The summed E-state index contributed by atoms with van der Waals surface area (Å²) in [5, 5.41) is 16.0. The summed E-state index contributed by atoms with van der Waals surface area (Å²) in [7, 11) is 0. The van der Waals surface area contributed by atoms with Gasteiger partial charge in [-0.25, -0.2) is 4.79 Å². The van der Waals surface area contributed by atoms with Gasteiger partial charge in [0.2, 0.25) is 11.8 Å². The molecule has 4 amide bonds. The van der Waals surface area contributed by atoms with Crippen LogP contribution in [0.3, 0.4) is 0 Å². The summed E-state index contributed by atoms with van der Waals surface area (Å²) in [5.41, 5.74) is 2.76. The average molecular weight is 554 g/mol. The Bertz CT molecular complexity index is 1380. The summed E-state index contributed by atoms with van der Waals surface area (Å²) in [6.07, 6.45) is 1.37. The lowest BCUT2D eigenvalue weighted by molar-refractivity contribution is -0.159. The summed E-state index contributed by atoms with van der Waals surface area (Å²) in [4.78, 5) is 44.5. The van der Waals surface area contributed by atoms with Crippen LogP contribution in [0.1, 0.15) is 29.7 Å². The zero-order valence-corrected chi connectivity index (χ0v) is 23.1. The summed E-state index contributed by atoms with van der Waals surface area (Å²) in [6, 6.07) is 24.7. The van der Waals surface area contributed by atoms with Gasteiger partial charge in [0.25, 0.3) is 0 Å². The topological polar surface area (TPSA) is 96.4 Å². The third-order valence-electron chi connectivity index (χ3n) is 7.76. The highest BCUT2D eigenvalue weighted by molar-refractivity contribution is 5.92. The number of rotatable bonds is 9. The fraction of sp³-hybridized carbons (Fsp3) is 0.281. The molecule has 212 valence electrons. The van der Waals surface area contributed by atoms with E-state index in [9.17, 15) is 19.5 Å². The number of urea groups is 1. The second-order valence-corrected chi connectivity index (χ2v) is 10.4. The first-order valence-electron chi connectivity index (χ1n) is 13.8. The van der Waals surface area contributed by atoms with Gasteiger partial charge in [0, 0.05) is 13.0 Å². The number of phenolic OH excluding ortho intramolecular Hbond substituents is 1. The van der Waals surface area contributed by atoms with Crippen LogP contribution in [0.2, 0.25) is 0 Å². The summed E-state index contributed by atoms with van der Waals surface area (Å²) in [6.45, 7) is 6.56. The van der Waals surface area contributed by atoms with E-state index in [4.69, 9.17) is 0 Å². The number of piperazine rings is 1. The second kappa shape index (κ2) is 12.3. The lowest BCUT2D eigenvalue weighted by Gasteiger charge is -2.48. The van der Waals surface area contributed by atoms with Crippen LogP contribution in [0.25, 0.3) is 0 Å². The minimum absolute atomic E-state index is 0.0375. The highest BCUT2D eigenvalue weighted by Gasteiger charge is 2.52. The van der Waals surface area contributed by atoms with E-state index in [0.717, 1.165) is 16.7 Å². The molecule has 0 saturated carbocycles. The van der Waals surface area contributed by atoms with Crippen molar-refractivity contribution < 1.29 is 19.5 Å². The first-order chi connectivity index (χ1) is 19.9. The molecule has 2 heterocycles. The van der Waals surface area contributed by atoms with Crippen molar-refractivity contribution in [3.8, 4) is 5.75 Å². The monoisotopic (exact) mass is 553 g/mol. The molecule has 41 heavy (non-hydrogen) atoms. The molecule has 2 aliphatic rings. The van der Waals surface area contributed by atoms with Crippen LogP contribution in [-0.2, 0) is 22.6 Å². The van der Waals surface area contributed by atoms with Crippen LogP contribution < -0.4 is 5.32 Å². The number of amides is 4. The van der Waals surface area contributed by atoms with Crippen molar-refractivity contribution >= 4 is 17.8 Å². The third-order valence-corrected chi connectivity index (χ3v) is 7.76. The Kier molecular flexibility index (Phi) is 8.35. The van der Waals surface area contributed by atoms with Crippen molar-refractivity contribution in [2.75, 3.05) is 19.6 Å². The van der Waals surface area contributed by atoms with Gasteiger partial charge >= 0.3 is 6.03 Å². The molecule has 2 aliphatic heterocycles. The fourth-order valence-electron chi connectivity index (χ4n) is 5.61. The number of nitrogens with one attached hydrogen (secondary N) is 1. The Hall–Kier alpha value is -4.63. The maximum absolute atomic E-state index is 14.1. The Balaban J connectivity index is 1.45. The molecule has 9 heteroatoms. The molecule has 9 nitrogen and oxygen atoms in total. The van der Waals surface area contributed by atoms with Gasteiger partial charge in [0.05, 0.1) is 25.7 Å². The zero-order valence-electron chi connectivity index (χ0n) is 23.1. The van der Waals surface area contributed by atoms with Crippen molar-refractivity contribution in [1.29, 1.82) is 0 Å². The molecule has 0 aliphatic carbocycles. The Labute approximate surface area is 240 Å². The highest BCUT2D eigenvalue weighted by atomic mass is 16.3. The molecule has 5 rings (SSSR count). The second-order valence-electron chi connectivity index (χ2n) is 10.4. The predicted molar refractivity (Wildman–Crippen MR) is 155 cm³/mol. The molecule has 0 aromatic heterocycles. The minimum atomic E-state index is -0.764. The summed E-state index contributed by atoms with van der Waals surface area (Å²) in [5.74, 6) is -0.236. The van der Waals surface area contributed by atoms with Gasteiger partial charge in [-0.15, -0.1) is 6.58 Å². The first kappa shape index (κ1) is 27.9. The number of benzene rings is 3. The van der Waals surface area contributed by atoms with Gasteiger partial charge < -0.3 is 20.2 Å². The number of carbonyl (C=O) groups is 3. The standard InChI is InChI=1S/C32H35N5O4/c1-3-18-35(32(41)33-20-25-10-6-4-7-11-25)36-22-30(39)37-28(19-24-14-16-27(38)17-15-24)31(40)34(21-29(36)37)23(2)26-12-8-5-9-13-26/h3-17,23,28-29,38H,1,18-22H2,2H3,(H,33,41)/t23-,28-,29+/m0/s1. The zero-order chi connectivity index (χ0) is 28.9. The van der Waals surface area contributed by atoms with Gasteiger partial charge in [-0.05, 0) is 35.7 Å². The quantitative estimate of drug-likeness (QED) is 0.394. The normalized spacial score (nSPS) is 19.5. The van der Waals surface area contributed by atoms with E-state index < -0.39 is 12.2 Å². The van der Waals surface area contributed by atoms with Gasteiger partial charge in [0.15, 0.2) is 0 Å². The number of nitrogens with zero attached hydrogens (tertiary/aromatic N) is 4. The van der Waals surface area contributed by atoms with Crippen LogP contribution in [0.15, 0.2) is 97.6 Å². The molecular formula is C32H35N5O4. The van der Waals surface area contributed by atoms with Gasteiger partial charge in [-0.3, -0.25) is 14.6 Å². The Morgan fingerprint density at radius 1 is 1.02 bits per heavy atom. The van der Waals surface area contributed by atoms with Crippen molar-refractivity contribution in [3.63, 3.8) is 0 Å². The number of fused-ring (bicyclic) bond motifs is 1. The van der Waals surface area contributed by atoms with Crippen molar-refractivity contribution in [2.24, 2.45) is 0 Å². The minimum Gasteiger partial charge on any atom is -0.508 e. The molecule has 3 atom stereocenters. The van der Waals surface area contributed by atoms with E-state index in [0.29, 0.717) is 6.54 Å². The average Bonchev–Trinajstić information content (AvgIpc) is 3.32. The van der Waals surface area contributed by atoms with E-state index in [1.165, 1.54) is 5.01 Å². The molecule has 3 aromatic carbocycles. The van der Waals surface area contributed by atoms with E-state index in [2.05, 4.69) is 11.9 Å². The molecule has 3 aromatic rings. The predicted octanol–water partition coefficient (Wildman–Crippen LogP) is 3.69. The van der Waals surface area contributed by atoms with Crippen LogP contribution in [-0.4, -0.2) is 74.6 Å². The van der Waals surface area contributed by atoms with Crippen LogP contribution in [0.5, 0.6) is 5.75 Å². The lowest BCUT2D eigenvalue weighted by Crippen LogP contribution is -2.66. The van der Waals surface area contributed by atoms with Crippen molar-refractivity contribution in [3.05, 3.63) is 114 Å². The van der Waals surface area contributed by atoms with Crippen LogP contribution in [0, 0.1) is 0 Å². The van der Waals surface area contributed by atoms with E-state index in [-0.39, 0.29) is 55.7 Å². The Morgan fingerprint density at radius 2 is 1.68 bits per heavy atom. The molecule has 0 bridgehead atoms. The molecule has 0 unspecified atom stereocenters.